The van der Waals surface area contributed by atoms with E-state index in [0.717, 1.165) is 10.8 Å². The Morgan fingerprint density at radius 1 is 1.36 bits per heavy atom. The largest absolute Gasteiger partial charge is 0.459 e. The van der Waals surface area contributed by atoms with Gasteiger partial charge in [0.2, 0.25) is 5.91 Å². The van der Waals surface area contributed by atoms with Crippen LogP contribution < -0.4 is 0 Å². The van der Waals surface area contributed by atoms with Crippen LogP contribution in [0.5, 0.6) is 0 Å². The second-order valence-electron chi connectivity index (χ2n) is 5.68. The number of carbonyl (C=O) groups excluding carboxylic acids is 1. The predicted octanol–water partition coefficient (Wildman–Crippen LogP) is 4.71. The van der Waals surface area contributed by atoms with Crippen molar-refractivity contribution in [2.24, 2.45) is 0 Å². The van der Waals surface area contributed by atoms with E-state index in [1.807, 2.05) is 24.4 Å². The van der Waals surface area contributed by atoms with Gasteiger partial charge in [-0.2, -0.15) is 0 Å². The van der Waals surface area contributed by atoms with Crippen LogP contribution in [0.4, 0.5) is 4.39 Å². The monoisotopic (exact) mass is 378 g/mol. The summed E-state index contributed by atoms with van der Waals surface area (Å²) in [7, 11) is 1.62. The third-order valence-electron chi connectivity index (χ3n) is 3.72. The quantitative estimate of drug-likeness (QED) is 0.646. The molecule has 0 saturated heterocycles. The van der Waals surface area contributed by atoms with E-state index in [9.17, 15) is 9.18 Å². The summed E-state index contributed by atoms with van der Waals surface area (Å²) in [4.78, 5) is 18.3. The topological polar surface area (TPSA) is 46.3 Å². The molecule has 25 heavy (non-hydrogen) atoms. The van der Waals surface area contributed by atoms with E-state index < -0.39 is 5.82 Å². The van der Waals surface area contributed by atoms with Crippen LogP contribution in [0.25, 0.3) is 10.8 Å². The summed E-state index contributed by atoms with van der Waals surface area (Å²) in [5.74, 6) is 0.917. The summed E-state index contributed by atoms with van der Waals surface area (Å²) in [6.45, 7) is 1.98. The fourth-order valence-corrected chi connectivity index (χ4v) is 3.35. The smallest absolute Gasteiger partial charge is 0.228 e. The molecule has 0 aliphatic rings. The number of amides is 1. The molecule has 7 heteroatoms. The molecular weight excluding hydrogens is 363 g/mol. The first-order chi connectivity index (χ1) is 11.9. The van der Waals surface area contributed by atoms with Crippen molar-refractivity contribution in [3.05, 3.63) is 63.6 Å². The number of thiazole rings is 1. The molecule has 0 atom stereocenters. The van der Waals surface area contributed by atoms with Crippen LogP contribution >= 0.6 is 22.9 Å². The number of benzene rings is 1. The SMILES string of the molecule is Cc1ccc(-c2nc(CC(=O)N(C)Cc3c(F)cccc3Cl)cs2)o1. The van der Waals surface area contributed by atoms with Crippen LogP contribution in [-0.4, -0.2) is 22.8 Å². The van der Waals surface area contributed by atoms with Crippen molar-refractivity contribution in [3.63, 3.8) is 0 Å². The molecule has 1 aromatic carbocycles. The van der Waals surface area contributed by atoms with Crippen molar-refractivity contribution in [2.75, 3.05) is 7.05 Å². The maximum absolute atomic E-state index is 13.9. The molecule has 0 saturated carbocycles. The minimum absolute atomic E-state index is 0.110. The van der Waals surface area contributed by atoms with Gasteiger partial charge in [-0.1, -0.05) is 17.7 Å². The Morgan fingerprint density at radius 3 is 2.84 bits per heavy atom. The van der Waals surface area contributed by atoms with Gasteiger partial charge in [0.15, 0.2) is 10.8 Å². The van der Waals surface area contributed by atoms with Gasteiger partial charge in [-0.15, -0.1) is 11.3 Å². The first-order valence-electron chi connectivity index (χ1n) is 7.62. The second-order valence-corrected chi connectivity index (χ2v) is 6.95. The lowest BCUT2D eigenvalue weighted by Crippen LogP contribution is -2.28. The van der Waals surface area contributed by atoms with Gasteiger partial charge in [0, 0.05) is 29.6 Å². The van der Waals surface area contributed by atoms with Crippen molar-refractivity contribution in [1.82, 2.24) is 9.88 Å². The lowest BCUT2D eigenvalue weighted by Gasteiger charge is -2.18. The number of rotatable bonds is 5. The van der Waals surface area contributed by atoms with Gasteiger partial charge < -0.3 is 9.32 Å². The summed E-state index contributed by atoms with van der Waals surface area (Å²) < 4.78 is 19.4. The Kier molecular flexibility index (Phi) is 5.20. The van der Waals surface area contributed by atoms with Gasteiger partial charge in [0.05, 0.1) is 12.1 Å². The first kappa shape index (κ1) is 17.6. The maximum Gasteiger partial charge on any atom is 0.228 e. The number of likely N-dealkylation sites (N-methyl/N-ethyl adjacent to an activating group) is 1. The Bertz CT molecular complexity index is 886. The summed E-state index contributed by atoms with van der Waals surface area (Å²) in [6.07, 6.45) is 0.138. The van der Waals surface area contributed by atoms with Crippen LogP contribution in [0.15, 0.2) is 40.1 Å². The molecule has 0 radical (unpaired) electrons. The minimum atomic E-state index is -0.420. The zero-order valence-corrected chi connectivity index (χ0v) is 15.3. The van der Waals surface area contributed by atoms with Crippen molar-refractivity contribution >= 4 is 28.8 Å². The third kappa shape index (κ3) is 4.08. The number of hydrogen-bond donors (Lipinski definition) is 0. The van der Waals surface area contributed by atoms with Gasteiger partial charge in [0.25, 0.3) is 0 Å². The minimum Gasteiger partial charge on any atom is -0.459 e. The number of aryl methyl sites for hydroxylation is 1. The molecule has 1 amide bonds. The summed E-state index contributed by atoms with van der Waals surface area (Å²) in [5.41, 5.74) is 0.968. The number of aromatic nitrogens is 1. The van der Waals surface area contributed by atoms with Crippen LogP contribution in [-0.2, 0) is 17.8 Å². The molecule has 3 rings (SSSR count). The lowest BCUT2D eigenvalue weighted by molar-refractivity contribution is -0.129. The van der Waals surface area contributed by atoms with E-state index in [1.54, 1.807) is 13.1 Å². The average molecular weight is 379 g/mol. The van der Waals surface area contributed by atoms with E-state index in [0.29, 0.717) is 22.0 Å². The molecular formula is C18H16ClFN2O2S. The van der Waals surface area contributed by atoms with Crippen molar-refractivity contribution in [1.29, 1.82) is 0 Å². The molecule has 0 fully saturated rings. The molecule has 0 bridgehead atoms. The Hall–Kier alpha value is -2.18. The highest BCUT2D eigenvalue weighted by molar-refractivity contribution is 7.13. The number of hydrogen-bond acceptors (Lipinski definition) is 4. The van der Waals surface area contributed by atoms with Gasteiger partial charge in [-0.05, 0) is 31.2 Å². The molecule has 0 aliphatic carbocycles. The number of furan rings is 1. The molecule has 2 aromatic heterocycles. The van der Waals surface area contributed by atoms with E-state index in [2.05, 4.69) is 4.98 Å². The van der Waals surface area contributed by atoms with Gasteiger partial charge in [-0.3, -0.25) is 4.79 Å². The lowest BCUT2D eigenvalue weighted by atomic mass is 10.2. The fourth-order valence-electron chi connectivity index (χ4n) is 2.35. The van der Waals surface area contributed by atoms with Gasteiger partial charge in [0.1, 0.15) is 11.6 Å². The fraction of sp³-hybridized carbons (Fsp3) is 0.222. The molecule has 3 aromatic rings. The summed E-state index contributed by atoms with van der Waals surface area (Å²) in [6, 6.07) is 8.20. The van der Waals surface area contributed by atoms with Gasteiger partial charge >= 0.3 is 0 Å². The molecule has 0 N–H and O–H groups in total. The van der Waals surface area contributed by atoms with E-state index in [-0.39, 0.29) is 18.9 Å². The Labute approximate surface area is 153 Å². The van der Waals surface area contributed by atoms with E-state index in [4.69, 9.17) is 16.0 Å². The zero-order valence-electron chi connectivity index (χ0n) is 13.8. The van der Waals surface area contributed by atoms with Gasteiger partial charge in [-0.25, -0.2) is 9.37 Å². The van der Waals surface area contributed by atoms with Crippen molar-refractivity contribution in [2.45, 2.75) is 19.9 Å². The molecule has 0 aliphatic heterocycles. The Balaban J connectivity index is 1.67. The third-order valence-corrected chi connectivity index (χ3v) is 4.98. The average Bonchev–Trinajstić information content (AvgIpc) is 3.19. The van der Waals surface area contributed by atoms with Crippen molar-refractivity contribution < 1.29 is 13.6 Å². The van der Waals surface area contributed by atoms with E-state index >= 15 is 0 Å². The van der Waals surface area contributed by atoms with Crippen molar-refractivity contribution in [3.8, 4) is 10.8 Å². The number of nitrogens with zero attached hydrogens (tertiary/aromatic N) is 2. The normalized spacial score (nSPS) is 10.9. The zero-order chi connectivity index (χ0) is 18.0. The number of halogens is 2. The molecule has 130 valence electrons. The van der Waals surface area contributed by atoms with Crippen LogP contribution in [0.2, 0.25) is 5.02 Å². The highest BCUT2D eigenvalue weighted by Crippen LogP contribution is 2.26. The predicted molar refractivity (Wildman–Crippen MR) is 96.1 cm³/mol. The van der Waals surface area contributed by atoms with Crippen LogP contribution in [0.1, 0.15) is 17.0 Å². The van der Waals surface area contributed by atoms with E-state index in [1.165, 1.54) is 28.4 Å². The molecule has 2 heterocycles. The highest BCUT2D eigenvalue weighted by atomic mass is 35.5. The maximum atomic E-state index is 13.9. The molecule has 0 unspecified atom stereocenters. The molecule has 4 nitrogen and oxygen atoms in total. The Morgan fingerprint density at radius 2 is 2.16 bits per heavy atom. The second kappa shape index (κ2) is 7.37. The highest BCUT2D eigenvalue weighted by Gasteiger charge is 2.17. The van der Waals surface area contributed by atoms with Crippen LogP contribution in [0, 0.1) is 12.7 Å². The summed E-state index contributed by atoms with van der Waals surface area (Å²) >= 11 is 7.43. The standard InChI is InChI=1S/C18H16ClFN2O2S/c1-11-6-7-16(24-11)18-21-12(10-25-18)8-17(23)22(2)9-13-14(19)4-3-5-15(13)20/h3-7,10H,8-9H2,1-2H3. The van der Waals surface area contributed by atoms with Crippen LogP contribution in [0.3, 0.4) is 0 Å². The molecule has 0 spiro atoms. The summed E-state index contributed by atoms with van der Waals surface area (Å²) in [5, 5.41) is 2.87. The number of carbonyl (C=O) groups is 1. The first-order valence-corrected chi connectivity index (χ1v) is 8.88.